The lowest BCUT2D eigenvalue weighted by Crippen LogP contribution is -2.39. The predicted octanol–water partition coefficient (Wildman–Crippen LogP) is 5.29. The van der Waals surface area contributed by atoms with Crippen LogP contribution in [0.5, 0.6) is 5.75 Å². The number of aldehydes is 1. The van der Waals surface area contributed by atoms with Crippen molar-refractivity contribution in [1.29, 1.82) is 5.41 Å². The number of phenols is 1. The quantitative estimate of drug-likeness (QED) is 0.278. The summed E-state index contributed by atoms with van der Waals surface area (Å²) >= 11 is 1.17. The van der Waals surface area contributed by atoms with E-state index in [0.717, 1.165) is 35.0 Å². The Morgan fingerprint density at radius 3 is 2.58 bits per heavy atom. The van der Waals surface area contributed by atoms with Crippen molar-refractivity contribution in [2.75, 3.05) is 26.3 Å². The maximum absolute atomic E-state index is 11.7. The smallest absolute Gasteiger partial charge is 0.161 e. The Bertz CT molecular complexity index is 978. The number of rotatable bonds is 6. The number of aromatic hydroxyl groups is 1. The van der Waals surface area contributed by atoms with Gasteiger partial charge in [-0.05, 0) is 64.6 Å². The molecule has 0 aromatic heterocycles. The van der Waals surface area contributed by atoms with E-state index in [1.165, 1.54) is 11.8 Å². The van der Waals surface area contributed by atoms with Crippen molar-refractivity contribution in [2.24, 2.45) is 0 Å². The SMILES string of the molecule is CCC(C)(C)c1cc(-c2cccc(/C=C(/C=O)SC(=N)N3CCOCC3)c2)ccc1O. The molecule has 0 spiro atoms. The molecule has 2 N–H and O–H groups in total. The molecule has 0 bridgehead atoms. The number of benzene rings is 2. The van der Waals surface area contributed by atoms with Crippen molar-refractivity contribution in [3.05, 3.63) is 58.5 Å². The average Bonchev–Trinajstić information content (AvgIpc) is 2.79. The number of carbonyl (C=O) groups excluding carboxylic acids is 1. The van der Waals surface area contributed by atoms with Gasteiger partial charge in [0.1, 0.15) is 5.75 Å². The summed E-state index contributed by atoms with van der Waals surface area (Å²) in [7, 11) is 0. The molecule has 31 heavy (non-hydrogen) atoms. The number of nitrogens with one attached hydrogen (secondary N) is 1. The molecule has 0 saturated carbocycles. The average molecular weight is 439 g/mol. The Morgan fingerprint density at radius 2 is 1.90 bits per heavy atom. The predicted molar refractivity (Wildman–Crippen MR) is 129 cm³/mol. The summed E-state index contributed by atoms with van der Waals surface area (Å²) in [5.74, 6) is 0.313. The molecule has 1 aliphatic rings. The van der Waals surface area contributed by atoms with Gasteiger partial charge in [0, 0.05) is 18.7 Å². The molecule has 0 atom stereocenters. The summed E-state index contributed by atoms with van der Waals surface area (Å²) in [5, 5.41) is 19.0. The number of ether oxygens (including phenoxy) is 1. The fourth-order valence-electron chi connectivity index (χ4n) is 3.45. The van der Waals surface area contributed by atoms with Crippen molar-refractivity contribution >= 4 is 29.3 Å². The van der Waals surface area contributed by atoms with Crippen LogP contribution < -0.4 is 0 Å². The van der Waals surface area contributed by atoms with Crippen LogP contribution in [0.25, 0.3) is 17.2 Å². The molecule has 2 aromatic rings. The summed E-state index contributed by atoms with van der Waals surface area (Å²) in [6, 6.07) is 13.7. The van der Waals surface area contributed by atoms with Gasteiger partial charge in [0.2, 0.25) is 0 Å². The first kappa shape index (κ1) is 23.1. The maximum Gasteiger partial charge on any atom is 0.161 e. The van der Waals surface area contributed by atoms with Crippen LogP contribution in [0.4, 0.5) is 0 Å². The van der Waals surface area contributed by atoms with Gasteiger partial charge < -0.3 is 14.7 Å². The molecule has 1 fully saturated rings. The van der Waals surface area contributed by atoms with E-state index in [1.54, 1.807) is 6.07 Å². The third kappa shape index (κ3) is 5.77. The van der Waals surface area contributed by atoms with Crippen LogP contribution in [0.15, 0.2) is 47.4 Å². The van der Waals surface area contributed by atoms with Crippen molar-refractivity contribution in [3.63, 3.8) is 0 Å². The largest absolute Gasteiger partial charge is 0.508 e. The molecule has 3 rings (SSSR count). The zero-order valence-corrected chi connectivity index (χ0v) is 19.2. The normalized spacial score (nSPS) is 15.1. The third-order valence-electron chi connectivity index (χ3n) is 5.77. The summed E-state index contributed by atoms with van der Waals surface area (Å²) in [4.78, 5) is 14.1. The molecular weight excluding hydrogens is 408 g/mol. The second-order valence-corrected chi connectivity index (χ2v) is 9.33. The van der Waals surface area contributed by atoms with E-state index in [9.17, 15) is 9.90 Å². The fourth-order valence-corrected chi connectivity index (χ4v) is 4.23. The van der Waals surface area contributed by atoms with Gasteiger partial charge in [-0.3, -0.25) is 10.2 Å². The van der Waals surface area contributed by atoms with E-state index in [0.29, 0.717) is 42.1 Å². The van der Waals surface area contributed by atoms with E-state index < -0.39 is 0 Å². The summed E-state index contributed by atoms with van der Waals surface area (Å²) in [6.45, 7) is 8.92. The van der Waals surface area contributed by atoms with Gasteiger partial charge in [-0.2, -0.15) is 0 Å². The summed E-state index contributed by atoms with van der Waals surface area (Å²) in [6.07, 6.45) is 3.53. The second kappa shape index (κ2) is 10.2. The third-order valence-corrected chi connectivity index (χ3v) is 6.67. The minimum atomic E-state index is -0.126. The minimum Gasteiger partial charge on any atom is -0.508 e. The minimum absolute atomic E-state index is 0.126. The van der Waals surface area contributed by atoms with Crippen LogP contribution in [0.2, 0.25) is 0 Å². The lowest BCUT2D eigenvalue weighted by atomic mass is 9.80. The number of amidine groups is 1. The lowest BCUT2D eigenvalue weighted by Gasteiger charge is -2.28. The fraction of sp³-hybridized carbons (Fsp3) is 0.360. The lowest BCUT2D eigenvalue weighted by molar-refractivity contribution is -0.104. The zero-order chi connectivity index (χ0) is 22.4. The van der Waals surface area contributed by atoms with Crippen LogP contribution in [0.3, 0.4) is 0 Å². The number of phenolic OH excluding ortho intramolecular Hbond substituents is 1. The zero-order valence-electron chi connectivity index (χ0n) is 18.4. The molecule has 0 aliphatic carbocycles. The first-order chi connectivity index (χ1) is 14.8. The number of carbonyl (C=O) groups is 1. The molecular formula is C25H30N2O3S. The van der Waals surface area contributed by atoms with Gasteiger partial charge in [-0.1, -0.05) is 45.0 Å². The molecule has 0 amide bonds. The Balaban J connectivity index is 1.84. The van der Waals surface area contributed by atoms with Crippen LogP contribution >= 0.6 is 11.8 Å². The highest BCUT2D eigenvalue weighted by Crippen LogP contribution is 2.36. The summed E-state index contributed by atoms with van der Waals surface area (Å²) < 4.78 is 5.33. The Labute approximate surface area is 188 Å². The van der Waals surface area contributed by atoms with Gasteiger partial charge >= 0.3 is 0 Å². The highest BCUT2D eigenvalue weighted by molar-refractivity contribution is 8.17. The van der Waals surface area contributed by atoms with Crippen LogP contribution in [-0.4, -0.2) is 47.8 Å². The van der Waals surface area contributed by atoms with Gasteiger partial charge in [-0.25, -0.2) is 0 Å². The number of hydrogen-bond donors (Lipinski definition) is 2. The molecule has 0 unspecified atom stereocenters. The summed E-state index contributed by atoms with van der Waals surface area (Å²) in [5.41, 5.74) is 3.73. The van der Waals surface area contributed by atoms with Crippen LogP contribution in [0, 0.1) is 5.41 Å². The Hall–Kier alpha value is -2.57. The van der Waals surface area contributed by atoms with Gasteiger partial charge in [0.25, 0.3) is 0 Å². The Morgan fingerprint density at radius 1 is 1.19 bits per heavy atom. The number of nitrogens with zero attached hydrogens (tertiary/aromatic N) is 1. The monoisotopic (exact) mass is 438 g/mol. The molecule has 1 aliphatic heterocycles. The molecule has 1 saturated heterocycles. The van der Waals surface area contributed by atoms with Gasteiger partial charge in [0.15, 0.2) is 11.5 Å². The highest BCUT2D eigenvalue weighted by atomic mass is 32.2. The van der Waals surface area contributed by atoms with Gasteiger partial charge in [-0.15, -0.1) is 0 Å². The van der Waals surface area contributed by atoms with Crippen LogP contribution in [-0.2, 0) is 14.9 Å². The molecule has 0 radical (unpaired) electrons. The molecule has 164 valence electrons. The van der Waals surface area contributed by atoms with Crippen LogP contribution in [0.1, 0.15) is 38.3 Å². The first-order valence-electron chi connectivity index (χ1n) is 10.5. The van der Waals surface area contributed by atoms with E-state index in [-0.39, 0.29) is 5.41 Å². The Kier molecular flexibility index (Phi) is 7.57. The van der Waals surface area contributed by atoms with Crippen molar-refractivity contribution in [2.45, 2.75) is 32.6 Å². The number of thioether (sulfide) groups is 1. The number of morpholine rings is 1. The standard InChI is InChI=1S/C25H30N2O3S/c1-4-25(2,3)22-16-20(8-9-23(22)29)19-7-5-6-18(14-19)15-21(17-28)31-24(26)27-10-12-30-13-11-27/h5-9,14-17,26,29H,4,10-13H2,1-3H3/b21-15-,26-24?. The first-order valence-corrected chi connectivity index (χ1v) is 11.4. The van der Waals surface area contributed by atoms with E-state index in [2.05, 4.69) is 20.8 Å². The van der Waals surface area contributed by atoms with Crippen molar-refractivity contribution in [3.8, 4) is 16.9 Å². The molecule has 5 nitrogen and oxygen atoms in total. The van der Waals surface area contributed by atoms with Crippen molar-refractivity contribution < 1.29 is 14.6 Å². The maximum atomic E-state index is 11.7. The second-order valence-electron chi connectivity index (χ2n) is 8.27. The van der Waals surface area contributed by atoms with E-state index in [1.807, 2.05) is 47.4 Å². The van der Waals surface area contributed by atoms with Gasteiger partial charge in [0.05, 0.1) is 18.1 Å². The van der Waals surface area contributed by atoms with Crippen molar-refractivity contribution in [1.82, 2.24) is 4.90 Å². The molecule has 2 aromatic carbocycles. The topological polar surface area (TPSA) is 73.6 Å². The molecule has 1 heterocycles. The molecule has 6 heteroatoms. The van der Waals surface area contributed by atoms with E-state index in [4.69, 9.17) is 10.1 Å². The van der Waals surface area contributed by atoms with E-state index >= 15 is 0 Å². The number of hydrogen-bond acceptors (Lipinski definition) is 5. The highest BCUT2D eigenvalue weighted by Gasteiger charge is 2.22. The number of allylic oxidation sites excluding steroid dienone is 1.